The van der Waals surface area contributed by atoms with Crippen LogP contribution < -0.4 is 19.5 Å². The molecule has 0 saturated heterocycles. The first kappa shape index (κ1) is 19.2. The maximum absolute atomic E-state index is 11.8. The van der Waals surface area contributed by atoms with Crippen molar-refractivity contribution in [1.82, 2.24) is 15.5 Å². The van der Waals surface area contributed by atoms with E-state index in [1.807, 2.05) is 36.4 Å². The minimum absolute atomic E-state index is 0.0846. The predicted molar refractivity (Wildman–Crippen MR) is 104 cm³/mol. The number of benzene rings is 2. The van der Waals surface area contributed by atoms with Crippen molar-refractivity contribution >= 4 is 5.91 Å². The highest BCUT2D eigenvalue weighted by Gasteiger charge is 2.05. The lowest BCUT2D eigenvalue weighted by Crippen LogP contribution is -2.32. The van der Waals surface area contributed by atoms with Gasteiger partial charge in [-0.15, -0.1) is 10.2 Å². The van der Waals surface area contributed by atoms with Gasteiger partial charge in [0, 0.05) is 17.7 Å². The monoisotopic (exact) mass is 379 g/mol. The summed E-state index contributed by atoms with van der Waals surface area (Å²) in [6.45, 7) is 0.533. The number of carbonyl (C=O) groups excluding carboxylic acids is 1. The van der Waals surface area contributed by atoms with Crippen molar-refractivity contribution in [1.29, 1.82) is 0 Å². The molecule has 0 unspecified atom stereocenters. The topological polar surface area (TPSA) is 82.6 Å². The number of methoxy groups -OCH3 is 1. The van der Waals surface area contributed by atoms with Gasteiger partial charge in [0.05, 0.1) is 19.3 Å². The van der Waals surface area contributed by atoms with Crippen molar-refractivity contribution in [3.05, 3.63) is 66.7 Å². The molecule has 0 aliphatic carbocycles. The summed E-state index contributed by atoms with van der Waals surface area (Å²) in [6.07, 6.45) is 0. The van der Waals surface area contributed by atoms with Crippen LogP contribution >= 0.6 is 0 Å². The van der Waals surface area contributed by atoms with Gasteiger partial charge in [0.15, 0.2) is 6.61 Å². The maximum atomic E-state index is 11.8. The van der Waals surface area contributed by atoms with Gasteiger partial charge < -0.3 is 19.5 Å². The minimum Gasteiger partial charge on any atom is -0.497 e. The number of rotatable bonds is 9. The first-order valence-corrected chi connectivity index (χ1v) is 8.80. The molecule has 0 radical (unpaired) electrons. The average Bonchev–Trinajstić information content (AvgIpc) is 2.76. The Morgan fingerprint density at radius 2 is 1.75 bits per heavy atom. The normalized spacial score (nSPS) is 10.2. The van der Waals surface area contributed by atoms with Crippen LogP contribution in [0.5, 0.6) is 17.4 Å². The second-order valence-corrected chi connectivity index (χ2v) is 5.79. The largest absolute Gasteiger partial charge is 0.497 e. The van der Waals surface area contributed by atoms with E-state index < -0.39 is 0 Å². The van der Waals surface area contributed by atoms with Crippen LogP contribution in [0.3, 0.4) is 0 Å². The van der Waals surface area contributed by atoms with Crippen molar-refractivity contribution in [2.24, 2.45) is 0 Å². The van der Waals surface area contributed by atoms with E-state index in [2.05, 4.69) is 15.5 Å². The number of carbonyl (C=O) groups is 1. The Morgan fingerprint density at radius 3 is 2.50 bits per heavy atom. The third kappa shape index (κ3) is 5.70. The number of amides is 1. The summed E-state index contributed by atoms with van der Waals surface area (Å²) in [4.78, 5) is 11.8. The van der Waals surface area contributed by atoms with E-state index in [9.17, 15) is 4.79 Å². The Balaban J connectivity index is 1.36. The zero-order valence-corrected chi connectivity index (χ0v) is 15.5. The van der Waals surface area contributed by atoms with E-state index in [0.29, 0.717) is 23.9 Å². The van der Waals surface area contributed by atoms with Crippen LogP contribution in [0.2, 0.25) is 0 Å². The number of hydrogen-bond acceptors (Lipinski definition) is 6. The van der Waals surface area contributed by atoms with Crippen molar-refractivity contribution in [2.75, 3.05) is 26.9 Å². The Hall–Kier alpha value is -3.61. The molecular formula is C21H21N3O4. The molecule has 2 aromatic carbocycles. The molecule has 1 heterocycles. The molecule has 0 saturated carbocycles. The van der Waals surface area contributed by atoms with Gasteiger partial charge in [0.2, 0.25) is 5.88 Å². The Kier molecular flexibility index (Phi) is 6.78. The SMILES string of the molecule is COc1cccc(OCC(=O)NCCOc2ccc(-c3ccccc3)nn2)c1. The van der Waals surface area contributed by atoms with Gasteiger partial charge in [-0.1, -0.05) is 36.4 Å². The molecule has 1 amide bonds. The van der Waals surface area contributed by atoms with Crippen LogP contribution in [-0.2, 0) is 4.79 Å². The molecule has 0 atom stereocenters. The van der Waals surface area contributed by atoms with Crippen LogP contribution in [0.1, 0.15) is 0 Å². The van der Waals surface area contributed by atoms with Gasteiger partial charge in [0.1, 0.15) is 18.1 Å². The van der Waals surface area contributed by atoms with Crippen molar-refractivity contribution in [3.63, 3.8) is 0 Å². The number of hydrogen-bond donors (Lipinski definition) is 1. The molecule has 28 heavy (non-hydrogen) atoms. The highest BCUT2D eigenvalue weighted by Crippen LogP contribution is 2.19. The highest BCUT2D eigenvalue weighted by molar-refractivity contribution is 5.77. The molecule has 3 rings (SSSR count). The van der Waals surface area contributed by atoms with Gasteiger partial charge >= 0.3 is 0 Å². The quantitative estimate of drug-likeness (QED) is 0.576. The molecule has 144 valence electrons. The lowest BCUT2D eigenvalue weighted by molar-refractivity contribution is -0.123. The molecule has 0 spiro atoms. The van der Waals surface area contributed by atoms with Gasteiger partial charge in [-0.25, -0.2) is 0 Å². The van der Waals surface area contributed by atoms with Crippen molar-refractivity contribution < 1.29 is 19.0 Å². The summed E-state index contributed by atoms with van der Waals surface area (Å²) in [5, 5.41) is 10.9. The first-order valence-electron chi connectivity index (χ1n) is 8.80. The molecule has 0 fully saturated rings. The van der Waals surface area contributed by atoms with Crippen LogP contribution in [0.4, 0.5) is 0 Å². The van der Waals surface area contributed by atoms with E-state index in [4.69, 9.17) is 14.2 Å². The lowest BCUT2D eigenvalue weighted by Gasteiger charge is -2.09. The van der Waals surface area contributed by atoms with E-state index in [0.717, 1.165) is 11.3 Å². The zero-order valence-electron chi connectivity index (χ0n) is 15.5. The van der Waals surface area contributed by atoms with Gasteiger partial charge in [0.25, 0.3) is 5.91 Å². The first-order chi connectivity index (χ1) is 13.7. The Bertz CT molecular complexity index is 886. The van der Waals surface area contributed by atoms with E-state index in [1.165, 1.54) is 0 Å². The Morgan fingerprint density at radius 1 is 0.929 bits per heavy atom. The molecule has 1 N–H and O–H groups in total. The number of nitrogens with zero attached hydrogens (tertiary/aromatic N) is 2. The molecule has 3 aromatic rings. The minimum atomic E-state index is -0.239. The predicted octanol–water partition coefficient (Wildman–Crippen LogP) is 2.73. The number of aromatic nitrogens is 2. The van der Waals surface area contributed by atoms with Crippen LogP contribution in [0, 0.1) is 0 Å². The molecule has 0 aliphatic heterocycles. The average molecular weight is 379 g/mol. The molecule has 0 aliphatic rings. The Labute approximate surface area is 163 Å². The molecule has 1 aromatic heterocycles. The van der Waals surface area contributed by atoms with Gasteiger partial charge in [-0.3, -0.25) is 4.79 Å². The van der Waals surface area contributed by atoms with Crippen molar-refractivity contribution in [2.45, 2.75) is 0 Å². The smallest absolute Gasteiger partial charge is 0.258 e. The number of ether oxygens (including phenoxy) is 3. The fourth-order valence-electron chi connectivity index (χ4n) is 2.40. The third-order valence-electron chi connectivity index (χ3n) is 3.79. The molecule has 0 bridgehead atoms. The second kappa shape index (κ2) is 9.91. The standard InChI is InChI=1S/C21H21N3O4/c1-26-17-8-5-9-18(14-17)28-15-20(25)22-12-13-27-21-11-10-19(23-24-21)16-6-3-2-4-7-16/h2-11,14H,12-13,15H2,1H3,(H,22,25). The van der Waals surface area contributed by atoms with Crippen LogP contribution in [-0.4, -0.2) is 43.0 Å². The summed E-state index contributed by atoms with van der Waals surface area (Å²) in [5.41, 5.74) is 1.76. The zero-order chi connectivity index (χ0) is 19.6. The lowest BCUT2D eigenvalue weighted by atomic mass is 10.1. The summed E-state index contributed by atoms with van der Waals surface area (Å²) in [7, 11) is 1.57. The number of nitrogens with one attached hydrogen (secondary N) is 1. The van der Waals surface area contributed by atoms with Crippen molar-refractivity contribution in [3.8, 4) is 28.6 Å². The van der Waals surface area contributed by atoms with Crippen LogP contribution in [0.15, 0.2) is 66.7 Å². The highest BCUT2D eigenvalue weighted by atomic mass is 16.5. The molecule has 7 nitrogen and oxygen atoms in total. The molecule has 7 heteroatoms. The summed E-state index contributed by atoms with van der Waals surface area (Å²) in [6, 6.07) is 20.5. The van der Waals surface area contributed by atoms with Gasteiger partial charge in [-0.2, -0.15) is 0 Å². The summed E-state index contributed by atoms with van der Waals surface area (Å²) in [5.74, 6) is 1.41. The fourth-order valence-corrected chi connectivity index (χ4v) is 2.40. The second-order valence-electron chi connectivity index (χ2n) is 5.79. The maximum Gasteiger partial charge on any atom is 0.258 e. The summed E-state index contributed by atoms with van der Waals surface area (Å²) < 4.78 is 16.0. The third-order valence-corrected chi connectivity index (χ3v) is 3.79. The van der Waals surface area contributed by atoms with E-state index >= 15 is 0 Å². The van der Waals surface area contributed by atoms with E-state index in [1.54, 1.807) is 37.4 Å². The molecular weight excluding hydrogens is 358 g/mol. The van der Waals surface area contributed by atoms with E-state index in [-0.39, 0.29) is 19.1 Å². The fraction of sp³-hybridized carbons (Fsp3) is 0.190. The summed E-state index contributed by atoms with van der Waals surface area (Å²) >= 11 is 0. The van der Waals surface area contributed by atoms with Crippen LogP contribution in [0.25, 0.3) is 11.3 Å². The van der Waals surface area contributed by atoms with Gasteiger partial charge in [-0.05, 0) is 18.2 Å².